The van der Waals surface area contributed by atoms with Gasteiger partial charge in [-0.05, 0) is 18.1 Å². The highest BCUT2D eigenvalue weighted by Crippen LogP contribution is 2.17. The lowest BCUT2D eigenvalue weighted by molar-refractivity contribution is -0.384. The van der Waals surface area contributed by atoms with E-state index in [1.54, 1.807) is 18.2 Å². The fourth-order valence-electron chi connectivity index (χ4n) is 2.12. The first-order chi connectivity index (χ1) is 11.6. The minimum absolute atomic E-state index is 0.00614. The molecule has 0 aliphatic carbocycles. The number of H-pyrrole nitrogens is 1. The summed E-state index contributed by atoms with van der Waals surface area (Å²) in [5.41, 5.74) is 1.44. The fourth-order valence-corrected chi connectivity index (χ4v) is 2.12. The van der Waals surface area contributed by atoms with Gasteiger partial charge in [-0.1, -0.05) is 12.1 Å². The Balaban J connectivity index is 1.56. The molecule has 24 heavy (non-hydrogen) atoms. The number of anilines is 1. The van der Waals surface area contributed by atoms with Crippen molar-refractivity contribution >= 4 is 17.5 Å². The number of non-ortho nitro benzene ring substituents is 1. The summed E-state index contributed by atoms with van der Waals surface area (Å²) in [4.78, 5) is 26.3. The summed E-state index contributed by atoms with van der Waals surface area (Å²) in [5, 5.41) is 19.9. The smallest absolute Gasteiger partial charge is 0.269 e. The quantitative estimate of drug-likeness (QED) is 0.529. The van der Waals surface area contributed by atoms with Crippen LogP contribution in [0.15, 0.2) is 47.3 Å². The number of benzene rings is 1. The Kier molecular flexibility index (Phi) is 4.32. The Morgan fingerprint density at radius 3 is 3.00 bits per heavy atom. The molecule has 0 aliphatic heterocycles. The van der Waals surface area contributed by atoms with E-state index in [0.717, 1.165) is 5.56 Å². The Bertz CT molecular complexity index is 856. The summed E-state index contributed by atoms with van der Waals surface area (Å²) in [6.45, 7) is 0. The molecule has 9 heteroatoms. The number of nitro benzene ring substituents is 1. The molecule has 2 heterocycles. The topological polar surface area (TPSA) is 127 Å². The van der Waals surface area contributed by atoms with E-state index in [0.29, 0.717) is 17.8 Å². The Morgan fingerprint density at radius 1 is 1.38 bits per heavy atom. The standard InChI is InChI=1S/C15H13N5O4/c21-13(5-4-10-2-1-3-12(8-10)20(22)23)16-15-17-14(18-19-15)11-6-7-24-9-11/h1-3,6-9H,4-5H2,(H2,16,17,18,19,21). The molecule has 2 N–H and O–H groups in total. The molecule has 0 saturated heterocycles. The van der Waals surface area contributed by atoms with Crippen LogP contribution in [0.3, 0.4) is 0 Å². The van der Waals surface area contributed by atoms with E-state index in [1.807, 2.05) is 0 Å². The van der Waals surface area contributed by atoms with E-state index in [9.17, 15) is 14.9 Å². The van der Waals surface area contributed by atoms with Crippen molar-refractivity contribution in [2.75, 3.05) is 5.32 Å². The van der Waals surface area contributed by atoms with E-state index < -0.39 is 4.92 Å². The van der Waals surface area contributed by atoms with Gasteiger partial charge in [0.15, 0.2) is 5.82 Å². The molecular formula is C15H13N5O4. The second-order valence-corrected chi connectivity index (χ2v) is 4.99. The number of hydrogen-bond donors (Lipinski definition) is 2. The number of carbonyl (C=O) groups excluding carboxylic acids is 1. The Hall–Kier alpha value is -3.49. The van der Waals surface area contributed by atoms with Crippen molar-refractivity contribution in [1.82, 2.24) is 15.2 Å². The monoisotopic (exact) mass is 327 g/mol. The normalized spacial score (nSPS) is 10.5. The van der Waals surface area contributed by atoms with Crippen LogP contribution >= 0.6 is 0 Å². The molecule has 0 atom stereocenters. The average molecular weight is 327 g/mol. The van der Waals surface area contributed by atoms with E-state index in [2.05, 4.69) is 20.5 Å². The zero-order chi connectivity index (χ0) is 16.9. The third kappa shape index (κ3) is 3.64. The number of furan rings is 1. The van der Waals surface area contributed by atoms with Crippen LogP contribution in [0.5, 0.6) is 0 Å². The molecule has 0 aliphatic rings. The molecule has 2 aromatic heterocycles. The maximum Gasteiger partial charge on any atom is 0.269 e. The number of rotatable bonds is 6. The Morgan fingerprint density at radius 2 is 2.25 bits per heavy atom. The molecule has 0 radical (unpaired) electrons. The summed E-state index contributed by atoms with van der Waals surface area (Å²) in [5.74, 6) is 0.368. The molecule has 0 bridgehead atoms. The van der Waals surface area contributed by atoms with Crippen LogP contribution in [-0.4, -0.2) is 26.0 Å². The molecule has 0 spiro atoms. The summed E-state index contributed by atoms with van der Waals surface area (Å²) in [6, 6.07) is 7.92. The summed E-state index contributed by atoms with van der Waals surface area (Å²) >= 11 is 0. The van der Waals surface area contributed by atoms with Crippen LogP contribution in [-0.2, 0) is 11.2 Å². The summed E-state index contributed by atoms with van der Waals surface area (Å²) in [7, 11) is 0. The number of aryl methyl sites for hydroxylation is 1. The third-order valence-corrected chi connectivity index (χ3v) is 3.29. The van der Waals surface area contributed by atoms with Gasteiger partial charge in [0.1, 0.15) is 6.26 Å². The molecule has 0 unspecified atom stereocenters. The van der Waals surface area contributed by atoms with E-state index in [4.69, 9.17) is 4.42 Å². The molecule has 1 aromatic carbocycles. The molecule has 0 saturated carbocycles. The predicted octanol–water partition coefficient (Wildman–Crippen LogP) is 2.54. The fraction of sp³-hybridized carbons (Fsp3) is 0.133. The highest BCUT2D eigenvalue weighted by atomic mass is 16.6. The highest BCUT2D eigenvalue weighted by Gasteiger charge is 2.11. The lowest BCUT2D eigenvalue weighted by Gasteiger charge is -2.02. The third-order valence-electron chi connectivity index (χ3n) is 3.29. The first-order valence-electron chi connectivity index (χ1n) is 7.10. The van der Waals surface area contributed by atoms with Gasteiger partial charge in [0.05, 0.1) is 16.7 Å². The van der Waals surface area contributed by atoms with Gasteiger partial charge in [-0.3, -0.25) is 25.3 Å². The first-order valence-corrected chi connectivity index (χ1v) is 7.10. The molecule has 9 nitrogen and oxygen atoms in total. The maximum atomic E-state index is 11.9. The van der Waals surface area contributed by atoms with E-state index >= 15 is 0 Å². The minimum Gasteiger partial charge on any atom is -0.472 e. The van der Waals surface area contributed by atoms with Crippen LogP contribution in [0, 0.1) is 10.1 Å². The molecule has 122 valence electrons. The van der Waals surface area contributed by atoms with Crippen LogP contribution in [0.4, 0.5) is 11.6 Å². The number of carbonyl (C=O) groups is 1. The van der Waals surface area contributed by atoms with Crippen molar-refractivity contribution in [3.05, 3.63) is 58.5 Å². The van der Waals surface area contributed by atoms with Gasteiger partial charge in [0.2, 0.25) is 11.9 Å². The maximum absolute atomic E-state index is 11.9. The molecule has 3 rings (SSSR count). The van der Waals surface area contributed by atoms with Crippen LogP contribution in [0.25, 0.3) is 11.4 Å². The molecule has 3 aromatic rings. The van der Waals surface area contributed by atoms with Crippen LogP contribution in [0.1, 0.15) is 12.0 Å². The lowest BCUT2D eigenvalue weighted by Crippen LogP contribution is -2.13. The van der Waals surface area contributed by atoms with Gasteiger partial charge in [-0.15, -0.1) is 5.10 Å². The van der Waals surface area contributed by atoms with Crippen LogP contribution < -0.4 is 5.32 Å². The minimum atomic E-state index is -0.464. The van der Waals surface area contributed by atoms with Gasteiger partial charge in [0, 0.05) is 18.6 Å². The zero-order valence-electron chi connectivity index (χ0n) is 12.4. The van der Waals surface area contributed by atoms with Gasteiger partial charge in [-0.25, -0.2) is 0 Å². The average Bonchev–Trinajstić information content (AvgIpc) is 3.24. The molecular weight excluding hydrogens is 314 g/mol. The largest absolute Gasteiger partial charge is 0.472 e. The zero-order valence-corrected chi connectivity index (χ0v) is 12.4. The molecule has 1 amide bonds. The second kappa shape index (κ2) is 6.73. The van der Waals surface area contributed by atoms with E-state index in [-0.39, 0.29) is 24.0 Å². The van der Waals surface area contributed by atoms with Gasteiger partial charge in [-0.2, -0.15) is 4.98 Å². The Labute approximate surface area is 135 Å². The number of hydrogen-bond acceptors (Lipinski definition) is 6. The number of aromatic nitrogens is 3. The van der Waals surface area contributed by atoms with Gasteiger partial charge < -0.3 is 4.42 Å². The number of nitro groups is 1. The van der Waals surface area contributed by atoms with Crippen molar-refractivity contribution in [3.8, 4) is 11.4 Å². The van der Waals surface area contributed by atoms with Crippen molar-refractivity contribution in [3.63, 3.8) is 0 Å². The van der Waals surface area contributed by atoms with Gasteiger partial charge >= 0.3 is 0 Å². The number of amides is 1. The first kappa shape index (κ1) is 15.4. The summed E-state index contributed by atoms with van der Waals surface area (Å²) in [6.07, 6.45) is 3.56. The summed E-state index contributed by atoms with van der Waals surface area (Å²) < 4.78 is 4.95. The van der Waals surface area contributed by atoms with Crippen molar-refractivity contribution in [2.45, 2.75) is 12.8 Å². The highest BCUT2D eigenvalue weighted by molar-refractivity contribution is 5.89. The second-order valence-electron chi connectivity index (χ2n) is 4.99. The lowest BCUT2D eigenvalue weighted by atomic mass is 10.1. The SMILES string of the molecule is O=C(CCc1cccc([N+](=O)[O-])c1)Nc1n[nH]c(-c2ccoc2)n1. The predicted molar refractivity (Wildman–Crippen MR) is 84.1 cm³/mol. The number of aromatic amines is 1. The van der Waals surface area contributed by atoms with E-state index in [1.165, 1.54) is 24.7 Å². The van der Waals surface area contributed by atoms with Crippen LogP contribution in [0.2, 0.25) is 0 Å². The van der Waals surface area contributed by atoms with Crippen molar-refractivity contribution in [1.29, 1.82) is 0 Å². The number of nitrogens with zero attached hydrogens (tertiary/aromatic N) is 3. The molecule has 0 fully saturated rings. The van der Waals surface area contributed by atoms with Crippen molar-refractivity contribution in [2.24, 2.45) is 0 Å². The van der Waals surface area contributed by atoms with Crippen molar-refractivity contribution < 1.29 is 14.1 Å². The van der Waals surface area contributed by atoms with Gasteiger partial charge in [0.25, 0.3) is 5.69 Å². The number of nitrogens with one attached hydrogen (secondary N) is 2.